The van der Waals surface area contributed by atoms with Gasteiger partial charge in [-0.1, -0.05) is 0 Å². The Hall–Kier alpha value is -0.570. The maximum Gasteiger partial charge on any atom is 0.220 e. The summed E-state index contributed by atoms with van der Waals surface area (Å²) >= 11 is 0. The minimum Gasteiger partial charge on any atom is -0.356 e. The Kier molecular flexibility index (Phi) is 3.40. The van der Waals surface area contributed by atoms with Gasteiger partial charge in [-0.2, -0.15) is 0 Å². The molecule has 1 amide bonds. The number of hydrogen-bond donors (Lipinski definition) is 2. The van der Waals surface area contributed by atoms with Gasteiger partial charge < -0.3 is 10.6 Å². The first kappa shape index (κ1) is 9.97. The Balaban J connectivity index is 1.52. The zero-order valence-corrected chi connectivity index (χ0v) is 8.72. The third-order valence-electron chi connectivity index (χ3n) is 3.23. The molecule has 2 fully saturated rings. The van der Waals surface area contributed by atoms with Gasteiger partial charge in [0.25, 0.3) is 0 Å². The van der Waals surface area contributed by atoms with Crippen molar-refractivity contribution in [3.63, 3.8) is 0 Å². The fraction of sp³-hybridized carbons (Fsp3) is 0.909. The highest BCUT2D eigenvalue weighted by molar-refractivity contribution is 5.75. The van der Waals surface area contributed by atoms with Crippen molar-refractivity contribution in [2.45, 2.75) is 32.1 Å². The Morgan fingerprint density at radius 2 is 2.14 bits per heavy atom. The molecule has 3 nitrogen and oxygen atoms in total. The number of carbonyl (C=O) groups is 1. The summed E-state index contributed by atoms with van der Waals surface area (Å²) in [7, 11) is 0. The molecule has 0 aromatic rings. The van der Waals surface area contributed by atoms with Crippen LogP contribution in [0.25, 0.3) is 0 Å². The molecule has 1 atom stereocenters. The topological polar surface area (TPSA) is 41.1 Å². The van der Waals surface area contributed by atoms with Crippen molar-refractivity contribution in [2.75, 3.05) is 19.6 Å². The van der Waals surface area contributed by atoms with Crippen molar-refractivity contribution in [3.05, 3.63) is 0 Å². The molecule has 2 aliphatic rings. The van der Waals surface area contributed by atoms with E-state index in [-0.39, 0.29) is 5.91 Å². The lowest BCUT2D eigenvalue weighted by Crippen LogP contribution is -2.26. The van der Waals surface area contributed by atoms with E-state index in [1.54, 1.807) is 0 Å². The van der Waals surface area contributed by atoms with Crippen LogP contribution in [0.5, 0.6) is 0 Å². The number of carbonyl (C=O) groups excluding carboxylic acids is 1. The molecule has 80 valence electrons. The number of rotatable bonds is 5. The first-order valence-electron chi connectivity index (χ1n) is 5.82. The highest BCUT2D eigenvalue weighted by Gasteiger charge is 2.22. The van der Waals surface area contributed by atoms with E-state index in [1.807, 2.05) is 0 Å². The number of nitrogens with one attached hydrogen (secondary N) is 2. The van der Waals surface area contributed by atoms with Crippen LogP contribution < -0.4 is 10.6 Å². The Labute approximate surface area is 85.6 Å². The van der Waals surface area contributed by atoms with Crippen LogP contribution in [0.1, 0.15) is 32.1 Å². The molecule has 1 aliphatic heterocycles. The zero-order valence-electron chi connectivity index (χ0n) is 8.72. The van der Waals surface area contributed by atoms with Crippen LogP contribution in [0.15, 0.2) is 0 Å². The second-order valence-corrected chi connectivity index (χ2v) is 4.64. The van der Waals surface area contributed by atoms with E-state index in [0.29, 0.717) is 0 Å². The first-order valence-corrected chi connectivity index (χ1v) is 5.82. The van der Waals surface area contributed by atoms with Crippen LogP contribution in [-0.4, -0.2) is 25.5 Å². The summed E-state index contributed by atoms with van der Waals surface area (Å²) in [6, 6.07) is 0. The van der Waals surface area contributed by atoms with E-state index < -0.39 is 0 Å². The van der Waals surface area contributed by atoms with E-state index >= 15 is 0 Å². The van der Waals surface area contributed by atoms with Crippen LogP contribution in [-0.2, 0) is 4.79 Å². The van der Waals surface area contributed by atoms with Gasteiger partial charge in [-0.25, -0.2) is 0 Å². The molecule has 2 rings (SSSR count). The van der Waals surface area contributed by atoms with Gasteiger partial charge in [-0.15, -0.1) is 0 Å². The van der Waals surface area contributed by atoms with Crippen molar-refractivity contribution in [1.82, 2.24) is 10.6 Å². The van der Waals surface area contributed by atoms with E-state index in [0.717, 1.165) is 44.3 Å². The second-order valence-electron chi connectivity index (χ2n) is 4.64. The molecule has 0 spiro atoms. The number of hydrogen-bond acceptors (Lipinski definition) is 2. The van der Waals surface area contributed by atoms with E-state index in [2.05, 4.69) is 10.6 Å². The highest BCUT2D eigenvalue weighted by Crippen LogP contribution is 2.27. The van der Waals surface area contributed by atoms with Gasteiger partial charge in [0.2, 0.25) is 5.91 Å². The molecule has 0 aromatic carbocycles. The molecule has 1 aliphatic carbocycles. The molecule has 0 radical (unpaired) electrons. The summed E-state index contributed by atoms with van der Waals surface area (Å²) < 4.78 is 0. The zero-order chi connectivity index (χ0) is 9.80. The molecule has 14 heavy (non-hydrogen) atoms. The van der Waals surface area contributed by atoms with Gasteiger partial charge in [0.15, 0.2) is 0 Å². The van der Waals surface area contributed by atoms with Crippen molar-refractivity contribution in [2.24, 2.45) is 11.8 Å². The molecule has 3 heteroatoms. The van der Waals surface area contributed by atoms with Crippen LogP contribution >= 0.6 is 0 Å². The fourth-order valence-electron chi connectivity index (χ4n) is 1.96. The van der Waals surface area contributed by atoms with Crippen molar-refractivity contribution in [1.29, 1.82) is 0 Å². The van der Waals surface area contributed by atoms with E-state index in [1.165, 1.54) is 19.3 Å². The van der Waals surface area contributed by atoms with Crippen LogP contribution in [0, 0.1) is 11.8 Å². The van der Waals surface area contributed by atoms with E-state index in [4.69, 9.17) is 0 Å². The SMILES string of the molecule is O=C(CCC1CCNC1)NCC1CC1. The predicted molar refractivity (Wildman–Crippen MR) is 55.9 cm³/mol. The largest absolute Gasteiger partial charge is 0.356 e. The smallest absolute Gasteiger partial charge is 0.220 e. The molecular formula is C11H20N2O. The van der Waals surface area contributed by atoms with Gasteiger partial charge in [-0.05, 0) is 50.6 Å². The standard InChI is InChI=1S/C11H20N2O/c14-11(13-8-9-1-2-9)4-3-10-5-6-12-7-10/h9-10,12H,1-8H2,(H,13,14). The lowest BCUT2D eigenvalue weighted by molar-refractivity contribution is -0.121. The summed E-state index contributed by atoms with van der Waals surface area (Å²) in [6.07, 6.45) is 5.65. The fourth-order valence-corrected chi connectivity index (χ4v) is 1.96. The van der Waals surface area contributed by atoms with Gasteiger partial charge in [-0.3, -0.25) is 4.79 Å². The van der Waals surface area contributed by atoms with Crippen LogP contribution in [0.3, 0.4) is 0 Å². The molecule has 0 bridgehead atoms. The van der Waals surface area contributed by atoms with Gasteiger partial charge in [0, 0.05) is 13.0 Å². The Morgan fingerprint density at radius 3 is 2.79 bits per heavy atom. The molecule has 1 unspecified atom stereocenters. The van der Waals surface area contributed by atoms with Crippen LogP contribution in [0.2, 0.25) is 0 Å². The summed E-state index contributed by atoms with van der Waals surface area (Å²) in [5, 5.41) is 6.33. The van der Waals surface area contributed by atoms with E-state index in [9.17, 15) is 4.79 Å². The Bertz CT molecular complexity index is 195. The third kappa shape index (κ3) is 3.29. The Morgan fingerprint density at radius 1 is 1.29 bits per heavy atom. The molecule has 1 saturated carbocycles. The van der Waals surface area contributed by atoms with Crippen LogP contribution in [0.4, 0.5) is 0 Å². The predicted octanol–water partition coefficient (Wildman–Crippen LogP) is 0.902. The molecular weight excluding hydrogens is 176 g/mol. The summed E-state index contributed by atoms with van der Waals surface area (Å²) in [5.74, 6) is 1.79. The minimum absolute atomic E-state index is 0.254. The lowest BCUT2D eigenvalue weighted by atomic mass is 10.0. The second kappa shape index (κ2) is 4.78. The molecule has 1 heterocycles. The maximum absolute atomic E-state index is 11.4. The third-order valence-corrected chi connectivity index (χ3v) is 3.23. The van der Waals surface area contributed by atoms with Crippen molar-refractivity contribution in [3.8, 4) is 0 Å². The van der Waals surface area contributed by atoms with Gasteiger partial charge in [0.1, 0.15) is 0 Å². The molecule has 0 aromatic heterocycles. The van der Waals surface area contributed by atoms with Crippen molar-refractivity contribution >= 4 is 5.91 Å². The summed E-state index contributed by atoms with van der Waals surface area (Å²) in [5.41, 5.74) is 0. The maximum atomic E-state index is 11.4. The average molecular weight is 196 g/mol. The van der Waals surface area contributed by atoms with Gasteiger partial charge >= 0.3 is 0 Å². The first-order chi connectivity index (χ1) is 6.84. The monoisotopic (exact) mass is 196 g/mol. The average Bonchev–Trinajstić information content (AvgIpc) is 2.87. The molecule has 2 N–H and O–H groups in total. The summed E-state index contributed by atoms with van der Waals surface area (Å²) in [6.45, 7) is 3.16. The quantitative estimate of drug-likeness (QED) is 0.686. The highest BCUT2D eigenvalue weighted by atomic mass is 16.1. The normalized spacial score (nSPS) is 26.4. The lowest BCUT2D eigenvalue weighted by Gasteiger charge is -2.07. The molecule has 1 saturated heterocycles. The minimum atomic E-state index is 0.254. The number of amides is 1. The van der Waals surface area contributed by atoms with Crippen molar-refractivity contribution < 1.29 is 4.79 Å². The van der Waals surface area contributed by atoms with Gasteiger partial charge in [0.05, 0.1) is 0 Å². The summed E-state index contributed by atoms with van der Waals surface area (Å²) in [4.78, 5) is 11.4.